The summed E-state index contributed by atoms with van der Waals surface area (Å²) < 4.78 is 1.89. The summed E-state index contributed by atoms with van der Waals surface area (Å²) in [6.45, 7) is 4.08. The van der Waals surface area contributed by atoms with E-state index in [-0.39, 0.29) is 6.04 Å². The minimum Gasteiger partial charge on any atom is -0.369 e. The number of anilines is 1. The molecule has 68 valence electrons. The average Bonchev–Trinajstić information content (AvgIpc) is 2.39. The summed E-state index contributed by atoms with van der Waals surface area (Å²) in [7, 11) is 0. The SMILES string of the molecule is CC(C)n1c(N)nc2cncnc21. The molecule has 0 amide bonds. The van der Waals surface area contributed by atoms with Gasteiger partial charge in [-0.2, -0.15) is 0 Å². The monoisotopic (exact) mass is 177 g/mol. The highest BCUT2D eigenvalue weighted by Gasteiger charge is 2.10. The Bertz CT molecular complexity index is 431. The van der Waals surface area contributed by atoms with Gasteiger partial charge in [0, 0.05) is 6.04 Å². The van der Waals surface area contributed by atoms with E-state index in [2.05, 4.69) is 15.0 Å². The van der Waals surface area contributed by atoms with E-state index in [1.54, 1.807) is 6.20 Å². The molecule has 0 aliphatic carbocycles. The predicted molar refractivity (Wildman–Crippen MR) is 50.1 cm³/mol. The van der Waals surface area contributed by atoms with E-state index in [1.165, 1.54) is 6.33 Å². The van der Waals surface area contributed by atoms with Crippen molar-refractivity contribution >= 4 is 17.1 Å². The summed E-state index contributed by atoms with van der Waals surface area (Å²) in [5.74, 6) is 0.491. The fourth-order valence-corrected chi connectivity index (χ4v) is 1.38. The first-order valence-corrected chi connectivity index (χ1v) is 4.13. The summed E-state index contributed by atoms with van der Waals surface area (Å²) >= 11 is 0. The Kier molecular flexibility index (Phi) is 1.65. The van der Waals surface area contributed by atoms with Crippen LogP contribution in [0.2, 0.25) is 0 Å². The quantitative estimate of drug-likeness (QED) is 0.705. The summed E-state index contributed by atoms with van der Waals surface area (Å²) in [6.07, 6.45) is 3.17. The summed E-state index contributed by atoms with van der Waals surface area (Å²) in [6, 6.07) is 0.264. The fraction of sp³-hybridized carbons (Fsp3) is 0.375. The molecule has 2 aromatic heterocycles. The number of hydrogen-bond acceptors (Lipinski definition) is 4. The maximum absolute atomic E-state index is 5.74. The molecule has 0 spiro atoms. The number of nitrogens with two attached hydrogens (primary N) is 1. The Labute approximate surface area is 75.6 Å². The Morgan fingerprint density at radius 1 is 1.46 bits per heavy atom. The maximum atomic E-state index is 5.74. The molecule has 0 radical (unpaired) electrons. The number of nitrogens with zero attached hydrogens (tertiary/aromatic N) is 4. The molecular weight excluding hydrogens is 166 g/mol. The Morgan fingerprint density at radius 3 is 2.92 bits per heavy atom. The number of hydrogen-bond donors (Lipinski definition) is 1. The number of aromatic nitrogens is 4. The van der Waals surface area contributed by atoms with Crippen molar-refractivity contribution < 1.29 is 0 Å². The Morgan fingerprint density at radius 2 is 2.23 bits per heavy atom. The van der Waals surface area contributed by atoms with Crippen LogP contribution in [0.4, 0.5) is 5.95 Å². The van der Waals surface area contributed by atoms with Crippen molar-refractivity contribution in [1.29, 1.82) is 0 Å². The van der Waals surface area contributed by atoms with Crippen molar-refractivity contribution in [2.75, 3.05) is 5.73 Å². The predicted octanol–water partition coefficient (Wildman–Crippen LogP) is 0.989. The summed E-state index contributed by atoms with van der Waals surface area (Å²) in [5, 5.41) is 0. The first kappa shape index (κ1) is 7.97. The zero-order valence-electron chi connectivity index (χ0n) is 7.60. The normalized spacial score (nSPS) is 11.3. The third-order valence-electron chi connectivity index (χ3n) is 1.90. The number of fused-ring (bicyclic) bond motifs is 1. The van der Waals surface area contributed by atoms with E-state index >= 15 is 0 Å². The van der Waals surface area contributed by atoms with Crippen LogP contribution in [0.15, 0.2) is 12.5 Å². The molecule has 0 atom stereocenters. The van der Waals surface area contributed by atoms with Gasteiger partial charge in [0.1, 0.15) is 11.8 Å². The van der Waals surface area contributed by atoms with Gasteiger partial charge in [-0.3, -0.25) is 4.57 Å². The molecule has 0 aliphatic rings. The number of nitrogen functional groups attached to an aromatic ring is 1. The highest BCUT2D eigenvalue weighted by molar-refractivity contribution is 5.72. The van der Waals surface area contributed by atoms with E-state index in [0.717, 1.165) is 11.2 Å². The minimum absolute atomic E-state index is 0.264. The molecule has 0 saturated heterocycles. The first-order valence-electron chi connectivity index (χ1n) is 4.13. The lowest BCUT2D eigenvalue weighted by Crippen LogP contribution is -2.06. The lowest BCUT2D eigenvalue weighted by molar-refractivity contribution is 0.622. The second-order valence-corrected chi connectivity index (χ2v) is 3.17. The smallest absolute Gasteiger partial charge is 0.202 e. The molecule has 2 N–H and O–H groups in total. The molecule has 2 heterocycles. The van der Waals surface area contributed by atoms with Gasteiger partial charge in [-0.25, -0.2) is 15.0 Å². The van der Waals surface area contributed by atoms with Crippen LogP contribution in [0.25, 0.3) is 11.2 Å². The van der Waals surface area contributed by atoms with Crippen LogP contribution in [0.3, 0.4) is 0 Å². The highest BCUT2D eigenvalue weighted by atomic mass is 15.2. The van der Waals surface area contributed by atoms with Crippen molar-refractivity contribution in [2.45, 2.75) is 19.9 Å². The van der Waals surface area contributed by atoms with Gasteiger partial charge in [-0.1, -0.05) is 0 Å². The van der Waals surface area contributed by atoms with E-state index < -0.39 is 0 Å². The molecule has 5 nitrogen and oxygen atoms in total. The average molecular weight is 177 g/mol. The van der Waals surface area contributed by atoms with Crippen molar-refractivity contribution in [3.8, 4) is 0 Å². The van der Waals surface area contributed by atoms with Crippen LogP contribution in [-0.2, 0) is 0 Å². The standard InChI is InChI=1S/C8H11N5/c1-5(2)13-7-6(12-8(13)9)3-10-4-11-7/h3-5H,1-2H3,(H2,9,12). The molecule has 2 aromatic rings. The van der Waals surface area contributed by atoms with Crippen LogP contribution < -0.4 is 5.73 Å². The second-order valence-electron chi connectivity index (χ2n) is 3.17. The molecule has 13 heavy (non-hydrogen) atoms. The first-order chi connectivity index (χ1) is 6.20. The van der Waals surface area contributed by atoms with Crippen molar-refractivity contribution in [2.24, 2.45) is 0 Å². The third-order valence-corrected chi connectivity index (χ3v) is 1.90. The molecule has 0 aromatic carbocycles. The zero-order chi connectivity index (χ0) is 9.42. The van der Waals surface area contributed by atoms with Gasteiger partial charge in [-0.15, -0.1) is 0 Å². The van der Waals surface area contributed by atoms with Gasteiger partial charge in [-0.05, 0) is 13.8 Å². The van der Waals surface area contributed by atoms with Gasteiger partial charge in [0.05, 0.1) is 6.20 Å². The van der Waals surface area contributed by atoms with Crippen LogP contribution in [0, 0.1) is 0 Å². The van der Waals surface area contributed by atoms with Crippen LogP contribution in [0.5, 0.6) is 0 Å². The Hall–Kier alpha value is -1.65. The van der Waals surface area contributed by atoms with E-state index in [9.17, 15) is 0 Å². The summed E-state index contributed by atoms with van der Waals surface area (Å²) in [4.78, 5) is 12.2. The molecular formula is C8H11N5. The molecule has 2 rings (SSSR count). The third kappa shape index (κ3) is 1.12. The van der Waals surface area contributed by atoms with E-state index in [1.807, 2.05) is 18.4 Å². The van der Waals surface area contributed by atoms with Gasteiger partial charge < -0.3 is 5.73 Å². The van der Waals surface area contributed by atoms with Crippen molar-refractivity contribution in [3.63, 3.8) is 0 Å². The lowest BCUT2D eigenvalue weighted by Gasteiger charge is -2.08. The van der Waals surface area contributed by atoms with E-state index in [4.69, 9.17) is 5.73 Å². The largest absolute Gasteiger partial charge is 0.369 e. The van der Waals surface area contributed by atoms with Crippen LogP contribution in [-0.4, -0.2) is 19.5 Å². The van der Waals surface area contributed by atoms with Gasteiger partial charge >= 0.3 is 0 Å². The highest BCUT2D eigenvalue weighted by Crippen LogP contribution is 2.18. The molecule has 0 fully saturated rings. The topological polar surface area (TPSA) is 69.6 Å². The van der Waals surface area contributed by atoms with Gasteiger partial charge in [0.2, 0.25) is 5.95 Å². The van der Waals surface area contributed by atoms with Gasteiger partial charge in [0.15, 0.2) is 5.65 Å². The number of rotatable bonds is 1. The van der Waals surface area contributed by atoms with Crippen molar-refractivity contribution in [3.05, 3.63) is 12.5 Å². The van der Waals surface area contributed by atoms with Crippen molar-refractivity contribution in [1.82, 2.24) is 19.5 Å². The fourth-order valence-electron chi connectivity index (χ4n) is 1.38. The summed E-state index contributed by atoms with van der Waals surface area (Å²) in [5.41, 5.74) is 7.28. The molecule has 5 heteroatoms. The van der Waals surface area contributed by atoms with Crippen LogP contribution >= 0.6 is 0 Å². The second kappa shape index (κ2) is 2.69. The minimum atomic E-state index is 0.264. The molecule has 0 unspecified atom stereocenters. The number of imidazole rings is 1. The molecule has 0 aliphatic heterocycles. The lowest BCUT2D eigenvalue weighted by atomic mass is 10.4. The van der Waals surface area contributed by atoms with Gasteiger partial charge in [0.25, 0.3) is 0 Å². The Balaban J connectivity index is 2.78. The maximum Gasteiger partial charge on any atom is 0.202 e. The zero-order valence-corrected chi connectivity index (χ0v) is 7.60. The van der Waals surface area contributed by atoms with E-state index in [0.29, 0.717) is 5.95 Å². The van der Waals surface area contributed by atoms with Crippen LogP contribution in [0.1, 0.15) is 19.9 Å². The molecule has 0 bridgehead atoms. The molecule has 0 saturated carbocycles.